The molecule has 0 aliphatic heterocycles. The highest BCUT2D eigenvalue weighted by molar-refractivity contribution is 6.05. The van der Waals surface area contributed by atoms with E-state index in [9.17, 15) is 4.79 Å². The lowest BCUT2D eigenvalue weighted by Gasteiger charge is -2.12. The van der Waals surface area contributed by atoms with Gasteiger partial charge in [-0.3, -0.25) is 4.79 Å². The van der Waals surface area contributed by atoms with Gasteiger partial charge in [0.25, 0.3) is 5.91 Å². The van der Waals surface area contributed by atoms with Crippen LogP contribution in [0.2, 0.25) is 0 Å². The Balaban J connectivity index is 1.79. The molecule has 4 nitrogen and oxygen atoms in total. The Labute approximate surface area is 147 Å². The van der Waals surface area contributed by atoms with Crippen LogP contribution in [0.3, 0.4) is 0 Å². The van der Waals surface area contributed by atoms with Crippen molar-refractivity contribution in [3.8, 4) is 17.2 Å². The van der Waals surface area contributed by atoms with E-state index in [2.05, 4.69) is 5.32 Å². The van der Waals surface area contributed by atoms with Gasteiger partial charge in [-0.2, -0.15) is 0 Å². The van der Waals surface area contributed by atoms with Crippen molar-refractivity contribution in [3.05, 3.63) is 83.9 Å². The van der Waals surface area contributed by atoms with E-state index in [1.165, 1.54) is 0 Å². The number of para-hydroxylation sites is 1. The standard InChI is InChI=1S/C21H19NO3/c1-15-11-12-19(25-17-8-4-3-5-9-17)14-20(15)22-21(23)16-7-6-10-18(13-16)24-2/h3-14H,1-2H3,(H,22,23). The van der Waals surface area contributed by atoms with Gasteiger partial charge in [-0.1, -0.05) is 30.3 Å². The average molecular weight is 333 g/mol. The van der Waals surface area contributed by atoms with Gasteiger partial charge in [0.05, 0.1) is 7.11 Å². The van der Waals surface area contributed by atoms with Crippen LogP contribution in [0, 0.1) is 6.92 Å². The maximum absolute atomic E-state index is 12.5. The molecule has 0 aliphatic rings. The summed E-state index contributed by atoms with van der Waals surface area (Å²) in [4.78, 5) is 12.5. The van der Waals surface area contributed by atoms with Gasteiger partial charge >= 0.3 is 0 Å². The molecule has 0 radical (unpaired) electrons. The molecular formula is C21H19NO3. The van der Waals surface area contributed by atoms with E-state index >= 15 is 0 Å². The maximum Gasteiger partial charge on any atom is 0.255 e. The fraction of sp³-hybridized carbons (Fsp3) is 0.0952. The predicted octanol–water partition coefficient (Wildman–Crippen LogP) is 5.05. The van der Waals surface area contributed by atoms with E-state index in [4.69, 9.17) is 9.47 Å². The summed E-state index contributed by atoms with van der Waals surface area (Å²) in [6.07, 6.45) is 0. The maximum atomic E-state index is 12.5. The molecule has 0 saturated heterocycles. The minimum atomic E-state index is -0.195. The molecule has 0 fully saturated rings. The van der Waals surface area contributed by atoms with Crippen LogP contribution in [0.5, 0.6) is 17.2 Å². The van der Waals surface area contributed by atoms with Gasteiger partial charge in [-0.25, -0.2) is 0 Å². The molecule has 0 aromatic heterocycles. The zero-order valence-electron chi connectivity index (χ0n) is 14.2. The molecule has 0 unspecified atom stereocenters. The number of aryl methyl sites for hydroxylation is 1. The third-order valence-corrected chi connectivity index (χ3v) is 3.77. The van der Waals surface area contributed by atoms with Crippen molar-refractivity contribution in [3.63, 3.8) is 0 Å². The van der Waals surface area contributed by atoms with Crippen LogP contribution in [0.1, 0.15) is 15.9 Å². The van der Waals surface area contributed by atoms with Crippen molar-refractivity contribution in [2.45, 2.75) is 6.92 Å². The third kappa shape index (κ3) is 4.18. The molecule has 0 saturated carbocycles. The summed E-state index contributed by atoms with van der Waals surface area (Å²) >= 11 is 0. The topological polar surface area (TPSA) is 47.6 Å². The van der Waals surface area contributed by atoms with E-state index in [1.807, 2.05) is 55.5 Å². The molecule has 4 heteroatoms. The van der Waals surface area contributed by atoms with Crippen molar-refractivity contribution in [2.75, 3.05) is 12.4 Å². The number of anilines is 1. The van der Waals surface area contributed by atoms with Gasteiger partial charge in [0.1, 0.15) is 17.2 Å². The van der Waals surface area contributed by atoms with Crippen molar-refractivity contribution in [1.29, 1.82) is 0 Å². The van der Waals surface area contributed by atoms with Gasteiger partial charge in [0.15, 0.2) is 0 Å². The lowest BCUT2D eigenvalue weighted by Crippen LogP contribution is -2.12. The fourth-order valence-electron chi connectivity index (χ4n) is 2.38. The summed E-state index contributed by atoms with van der Waals surface area (Å²) in [6.45, 7) is 1.94. The Hall–Kier alpha value is -3.27. The normalized spacial score (nSPS) is 10.2. The highest BCUT2D eigenvalue weighted by atomic mass is 16.5. The summed E-state index contributed by atoms with van der Waals surface area (Å²) in [5, 5.41) is 2.93. The second-order valence-electron chi connectivity index (χ2n) is 5.58. The summed E-state index contributed by atoms with van der Waals surface area (Å²) in [6, 6.07) is 22.2. The Morgan fingerprint density at radius 1 is 0.840 bits per heavy atom. The molecule has 3 aromatic carbocycles. The number of hydrogen-bond donors (Lipinski definition) is 1. The van der Waals surface area contributed by atoms with Crippen molar-refractivity contribution in [1.82, 2.24) is 0 Å². The number of amides is 1. The van der Waals surface area contributed by atoms with Crippen LogP contribution in [-0.4, -0.2) is 13.0 Å². The van der Waals surface area contributed by atoms with Crippen LogP contribution in [0.25, 0.3) is 0 Å². The lowest BCUT2D eigenvalue weighted by atomic mass is 10.1. The zero-order chi connectivity index (χ0) is 17.6. The van der Waals surface area contributed by atoms with Crippen molar-refractivity contribution in [2.24, 2.45) is 0 Å². The SMILES string of the molecule is COc1cccc(C(=O)Nc2cc(Oc3ccccc3)ccc2C)c1. The minimum Gasteiger partial charge on any atom is -0.497 e. The van der Waals surface area contributed by atoms with Crippen molar-refractivity contribution >= 4 is 11.6 Å². The molecule has 3 aromatic rings. The van der Waals surface area contributed by atoms with E-state index in [0.717, 1.165) is 11.3 Å². The molecule has 3 rings (SSSR count). The Morgan fingerprint density at radius 3 is 2.36 bits per heavy atom. The first-order chi connectivity index (χ1) is 12.2. The van der Waals surface area contributed by atoms with Crippen molar-refractivity contribution < 1.29 is 14.3 Å². The fourth-order valence-corrected chi connectivity index (χ4v) is 2.38. The molecule has 0 heterocycles. The smallest absolute Gasteiger partial charge is 0.255 e. The molecule has 0 bridgehead atoms. The highest BCUT2D eigenvalue weighted by Gasteiger charge is 2.10. The average Bonchev–Trinajstić information content (AvgIpc) is 2.65. The Bertz CT molecular complexity index is 875. The molecule has 0 aliphatic carbocycles. The Morgan fingerprint density at radius 2 is 1.60 bits per heavy atom. The van der Waals surface area contributed by atoms with E-state index in [1.54, 1.807) is 31.4 Å². The monoisotopic (exact) mass is 333 g/mol. The molecule has 25 heavy (non-hydrogen) atoms. The van der Waals surface area contributed by atoms with E-state index in [0.29, 0.717) is 22.7 Å². The van der Waals surface area contributed by atoms with Gasteiger partial charge < -0.3 is 14.8 Å². The predicted molar refractivity (Wildman–Crippen MR) is 98.6 cm³/mol. The first kappa shape index (κ1) is 16.6. The summed E-state index contributed by atoms with van der Waals surface area (Å²) in [5.41, 5.74) is 2.20. The highest BCUT2D eigenvalue weighted by Crippen LogP contribution is 2.27. The summed E-state index contributed by atoms with van der Waals surface area (Å²) in [7, 11) is 1.57. The number of hydrogen-bond acceptors (Lipinski definition) is 3. The lowest BCUT2D eigenvalue weighted by molar-refractivity contribution is 0.102. The number of ether oxygens (including phenoxy) is 2. The van der Waals surface area contributed by atoms with Crippen LogP contribution < -0.4 is 14.8 Å². The third-order valence-electron chi connectivity index (χ3n) is 3.77. The molecular weight excluding hydrogens is 314 g/mol. The number of methoxy groups -OCH3 is 1. The summed E-state index contributed by atoms with van der Waals surface area (Å²) in [5.74, 6) is 1.86. The van der Waals surface area contributed by atoms with Gasteiger partial charge in [-0.15, -0.1) is 0 Å². The van der Waals surface area contributed by atoms with Crippen LogP contribution in [0.4, 0.5) is 5.69 Å². The molecule has 126 valence electrons. The van der Waals surface area contributed by atoms with Gasteiger partial charge in [0, 0.05) is 17.3 Å². The van der Waals surface area contributed by atoms with Crippen LogP contribution in [0.15, 0.2) is 72.8 Å². The minimum absolute atomic E-state index is 0.195. The Kier molecular flexibility index (Phi) is 5.00. The first-order valence-electron chi connectivity index (χ1n) is 7.94. The second kappa shape index (κ2) is 7.53. The number of carbonyl (C=O) groups excluding carboxylic acids is 1. The molecule has 1 N–H and O–H groups in total. The van der Waals surface area contributed by atoms with E-state index in [-0.39, 0.29) is 5.91 Å². The number of nitrogens with one attached hydrogen (secondary N) is 1. The van der Waals surface area contributed by atoms with Gasteiger partial charge in [-0.05, 0) is 48.9 Å². The number of benzene rings is 3. The largest absolute Gasteiger partial charge is 0.497 e. The molecule has 0 atom stereocenters. The summed E-state index contributed by atoms with van der Waals surface area (Å²) < 4.78 is 11.0. The molecule has 0 spiro atoms. The first-order valence-corrected chi connectivity index (χ1v) is 7.94. The molecule has 1 amide bonds. The second-order valence-corrected chi connectivity index (χ2v) is 5.58. The quantitative estimate of drug-likeness (QED) is 0.711. The van der Waals surface area contributed by atoms with Gasteiger partial charge in [0.2, 0.25) is 0 Å². The van der Waals surface area contributed by atoms with Crippen LogP contribution in [-0.2, 0) is 0 Å². The number of rotatable bonds is 5. The zero-order valence-corrected chi connectivity index (χ0v) is 14.2. The number of carbonyl (C=O) groups is 1. The van der Waals surface area contributed by atoms with E-state index < -0.39 is 0 Å². The van der Waals surface area contributed by atoms with Crippen LogP contribution >= 0.6 is 0 Å².